The summed E-state index contributed by atoms with van der Waals surface area (Å²) >= 11 is 0. The Morgan fingerprint density at radius 1 is 1.43 bits per heavy atom. The van der Waals surface area contributed by atoms with Crippen LogP contribution in [-0.2, 0) is 4.79 Å². The van der Waals surface area contributed by atoms with Gasteiger partial charge in [0, 0.05) is 19.6 Å². The molecule has 1 aromatic carbocycles. The minimum Gasteiger partial charge on any atom is -0.392 e. The molecule has 1 aliphatic heterocycles. The first kappa shape index (κ1) is 15.9. The molecule has 5 nitrogen and oxygen atoms in total. The minimum atomic E-state index is -0.281. The van der Waals surface area contributed by atoms with Crippen molar-refractivity contribution in [2.45, 2.75) is 18.6 Å². The van der Waals surface area contributed by atoms with Gasteiger partial charge in [-0.3, -0.25) is 9.69 Å². The van der Waals surface area contributed by atoms with Gasteiger partial charge in [0.1, 0.15) is 0 Å². The van der Waals surface area contributed by atoms with Gasteiger partial charge in [-0.2, -0.15) is 0 Å². The van der Waals surface area contributed by atoms with E-state index in [0.717, 1.165) is 13.0 Å². The average Bonchev–Trinajstić information content (AvgIpc) is 2.85. The molecule has 2 atom stereocenters. The highest BCUT2D eigenvalue weighted by Crippen LogP contribution is 2.16. The third-order valence-corrected chi connectivity index (χ3v) is 3.91. The van der Waals surface area contributed by atoms with Crippen LogP contribution in [0.1, 0.15) is 18.0 Å². The van der Waals surface area contributed by atoms with Gasteiger partial charge in [0.25, 0.3) is 0 Å². The van der Waals surface area contributed by atoms with E-state index in [-0.39, 0.29) is 18.1 Å². The Kier molecular flexibility index (Phi) is 5.73. The summed E-state index contributed by atoms with van der Waals surface area (Å²) in [7, 11) is 4.03. The van der Waals surface area contributed by atoms with Crippen molar-refractivity contribution in [3.63, 3.8) is 0 Å². The zero-order valence-corrected chi connectivity index (χ0v) is 12.8. The van der Waals surface area contributed by atoms with Crippen LogP contribution in [-0.4, -0.2) is 67.2 Å². The van der Waals surface area contributed by atoms with E-state index in [4.69, 9.17) is 0 Å². The van der Waals surface area contributed by atoms with Crippen LogP contribution >= 0.6 is 0 Å². The summed E-state index contributed by atoms with van der Waals surface area (Å²) in [5.41, 5.74) is 1.19. The molecule has 0 spiro atoms. The molecular weight excluding hydrogens is 266 g/mol. The SMILES string of the molecule is CN(C)[C@@H](CNC(=O)CN1CC[C@H](O)C1)c1ccccc1. The highest BCUT2D eigenvalue weighted by Gasteiger charge is 2.22. The van der Waals surface area contributed by atoms with E-state index in [9.17, 15) is 9.90 Å². The zero-order chi connectivity index (χ0) is 15.2. The molecule has 1 aliphatic rings. The predicted molar refractivity (Wildman–Crippen MR) is 82.9 cm³/mol. The second kappa shape index (κ2) is 7.54. The van der Waals surface area contributed by atoms with Crippen molar-refractivity contribution < 1.29 is 9.90 Å². The fourth-order valence-corrected chi connectivity index (χ4v) is 2.70. The Morgan fingerprint density at radius 3 is 2.71 bits per heavy atom. The molecule has 1 fully saturated rings. The molecule has 1 saturated heterocycles. The molecular formula is C16H25N3O2. The Bertz CT molecular complexity index is 450. The zero-order valence-electron chi connectivity index (χ0n) is 12.8. The van der Waals surface area contributed by atoms with Crippen LogP contribution in [0.2, 0.25) is 0 Å². The Morgan fingerprint density at radius 2 is 2.14 bits per heavy atom. The van der Waals surface area contributed by atoms with Crippen molar-refractivity contribution in [2.24, 2.45) is 0 Å². The summed E-state index contributed by atoms with van der Waals surface area (Å²) in [6, 6.07) is 10.3. The second-order valence-electron chi connectivity index (χ2n) is 5.87. The third-order valence-electron chi connectivity index (χ3n) is 3.91. The molecule has 2 rings (SSSR count). The van der Waals surface area contributed by atoms with E-state index in [2.05, 4.69) is 22.3 Å². The lowest BCUT2D eigenvalue weighted by Crippen LogP contribution is -2.40. The Balaban J connectivity index is 1.83. The van der Waals surface area contributed by atoms with Gasteiger partial charge in [-0.25, -0.2) is 0 Å². The number of carbonyl (C=O) groups is 1. The number of benzene rings is 1. The van der Waals surface area contributed by atoms with Gasteiger partial charge in [0.05, 0.1) is 18.7 Å². The van der Waals surface area contributed by atoms with Gasteiger partial charge < -0.3 is 15.3 Å². The number of amides is 1. The van der Waals surface area contributed by atoms with E-state index in [1.165, 1.54) is 5.56 Å². The summed E-state index contributed by atoms with van der Waals surface area (Å²) in [5, 5.41) is 12.5. The van der Waals surface area contributed by atoms with Crippen LogP contribution < -0.4 is 5.32 Å². The first-order valence-electron chi connectivity index (χ1n) is 7.44. The van der Waals surface area contributed by atoms with Gasteiger partial charge in [0.15, 0.2) is 0 Å². The van der Waals surface area contributed by atoms with E-state index in [1.54, 1.807) is 0 Å². The van der Waals surface area contributed by atoms with E-state index < -0.39 is 0 Å². The number of nitrogens with zero attached hydrogens (tertiary/aromatic N) is 2. The fraction of sp³-hybridized carbons (Fsp3) is 0.562. The molecule has 0 aromatic heterocycles. The molecule has 0 saturated carbocycles. The van der Waals surface area contributed by atoms with Crippen LogP contribution in [0.5, 0.6) is 0 Å². The van der Waals surface area contributed by atoms with Crippen molar-refractivity contribution in [3.05, 3.63) is 35.9 Å². The summed E-state index contributed by atoms with van der Waals surface area (Å²) in [4.78, 5) is 16.1. The summed E-state index contributed by atoms with van der Waals surface area (Å²) in [6.45, 7) is 2.35. The van der Waals surface area contributed by atoms with Crippen LogP contribution in [0.25, 0.3) is 0 Å². The van der Waals surface area contributed by atoms with Crippen LogP contribution in [0.15, 0.2) is 30.3 Å². The topological polar surface area (TPSA) is 55.8 Å². The first-order valence-corrected chi connectivity index (χ1v) is 7.44. The number of aliphatic hydroxyl groups excluding tert-OH is 1. The highest BCUT2D eigenvalue weighted by molar-refractivity contribution is 5.78. The lowest BCUT2D eigenvalue weighted by atomic mass is 10.1. The smallest absolute Gasteiger partial charge is 0.234 e. The summed E-state index contributed by atoms with van der Waals surface area (Å²) < 4.78 is 0. The quantitative estimate of drug-likeness (QED) is 0.800. The number of β-amino-alcohol motifs (C(OH)–C–C–N with tert-alkyl or cyclic N) is 1. The van der Waals surface area contributed by atoms with Gasteiger partial charge in [0.2, 0.25) is 5.91 Å². The van der Waals surface area contributed by atoms with Crippen LogP contribution in [0, 0.1) is 0 Å². The van der Waals surface area contributed by atoms with Gasteiger partial charge in [-0.15, -0.1) is 0 Å². The molecule has 0 unspecified atom stereocenters. The van der Waals surface area contributed by atoms with E-state index in [0.29, 0.717) is 19.6 Å². The molecule has 5 heteroatoms. The molecule has 0 aliphatic carbocycles. The maximum Gasteiger partial charge on any atom is 0.234 e. The summed E-state index contributed by atoms with van der Waals surface area (Å²) in [6.07, 6.45) is 0.481. The molecule has 21 heavy (non-hydrogen) atoms. The standard InChI is InChI=1S/C16H25N3O2/c1-18(2)15(13-6-4-3-5-7-13)10-17-16(21)12-19-9-8-14(20)11-19/h3-7,14-15,20H,8-12H2,1-2H3,(H,17,21)/t14-,15-/m0/s1. The molecule has 0 bridgehead atoms. The molecule has 0 radical (unpaired) electrons. The lowest BCUT2D eigenvalue weighted by molar-refractivity contribution is -0.122. The Labute approximate surface area is 126 Å². The lowest BCUT2D eigenvalue weighted by Gasteiger charge is -2.25. The largest absolute Gasteiger partial charge is 0.392 e. The number of carbonyl (C=O) groups excluding carboxylic acids is 1. The number of hydrogen-bond acceptors (Lipinski definition) is 4. The van der Waals surface area contributed by atoms with Gasteiger partial charge in [-0.1, -0.05) is 30.3 Å². The first-order chi connectivity index (χ1) is 10.1. The molecule has 1 amide bonds. The number of hydrogen-bond donors (Lipinski definition) is 2. The second-order valence-corrected chi connectivity index (χ2v) is 5.87. The number of rotatable bonds is 6. The minimum absolute atomic E-state index is 0.0203. The van der Waals surface area contributed by atoms with Crippen molar-refractivity contribution in [3.8, 4) is 0 Å². The number of likely N-dealkylation sites (N-methyl/N-ethyl adjacent to an activating group) is 1. The normalized spacial score (nSPS) is 20.7. The molecule has 2 N–H and O–H groups in total. The predicted octanol–water partition coefficient (Wildman–Crippen LogP) is 0.472. The van der Waals surface area contributed by atoms with Crippen LogP contribution in [0.4, 0.5) is 0 Å². The molecule has 1 aromatic rings. The number of aliphatic hydroxyl groups is 1. The highest BCUT2D eigenvalue weighted by atomic mass is 16.3. The fourth-order valence-electron chi connectivity index (χ4n) is 2.70. The van der Waals surface area contributed by atoms with Gasteiger partial charge >= 0.3 is 0 Å². The monoisotopic (exact) mass is 291 g/mol. The van der Waals surface area contributed by atoms with Crippen molar-refractivity contribution in [1.29, 1.82) is 0 Å². The summed E-state index contributed by atoms with van der Waals surface area (Å²) in [5.74, 6) is 0.0203. The maximum absolute atomic E-state index is 12.0. The maximum atomic E-state index is 12.0. The van der Waals surface area contributed by atoms with E-state index in [1.807, 2.05) is 37.2 Å². The Hall–Kier alpha value is -1.43. The molecule has 116 valence electrons. The van der Waals surface area contributed by atoms with Gasteiger partial charge in [-0.05, 0) is 26.1 Å². The average molecular weight is 291 g/mol. The van der Waals surface area contributed by atoms with Crippen LogP contribution in [0.3, 0.4) is 0 Å². The van der Waals surface area contributed by atoms with Crippen molar-refractivity contribution in [1.82, 2.24) is 15.1 Å². The number of likely N-dealkylation sites (tertiary alicyclic amines) is 1. The van der Waals surface area contributed by atoms with Crippen molar-refractivity contribution in [2.75, 3.05) is 40.3 Å². The molecule has 1 heterocycles. The van der Waals surface area contributed by atoms with E-state index >= 15 is 0 Å². The third kappa shape index (κ3) is 4.81. The van der Waals surface area contributed by atoms with Crippen molar-refractivity contribution >= 4 is 5.91 Å². The number of nitrogens with one attached hydrogen (secondary N) is 1.